The van der Waals surface area contributed by atoms with E-state index in [2.05, 4.69) is 10.00 Å². The smallest absolute Gasteiger partial charge is 0.299 e. The molecular weight excluding hydrogens is 294 g/mol. The molecule has 1 saturated heterocycles. The van der Waals surface area contributed by atoms with Gasteiger partial charge in [0.2, 0.25) is 0 Å². The Morgan fingerprint density at radius 1 is 1.22 bits per heavy atom. The number of hydrogen-bond acceptors (Lipinski definition) is 4. The number of hydrogen-bond donors (Lipinski definition) is 0. The molecule has 1 aliphatic heterocycles. The maximum atomic E-state index is 12.1. The fourth-order valence-electron chi connectivity index (χ4n) is 3.24. The minimum absolute atomic E-state index is 0.247. The molecule has 3 heterocycles. The van der Waals surface area contributed by atoms with E-state index >= 15 is 0 Å². The van der Waals surface area contributed by atoms with Gasteiger partial charge in [-0.05, 0) is 25.5 Å². The largest absolute Gasteiger partial charge is 0.330 e. The molecule has 7 heteroatoms. The third kappa shape index (κ3) is 3.29. The first-order chi connectivity index (χ1) is 11.1. The Kier molecular flexibility index (Phi) is 4.47. The van der Waals surface area contributed by atoms with Crippen molar-refractivity contribution in [2.45, 2.75) is 38.4 Å². The Balaban J connectivity index is 1.82. The molecule has 3 rings (SSSR count). The van der Waals surface area contributed by atoms with E-state index in [4.69, 9.17) is 0 Å². The molecule has 1 fully saturated rings. The normalized spacial score (nSPS) is 19.1. The highest BCUT2D eigenvalue weighted by molar-refractivity contribution is 5.03. The fourth-order valence-corrected chi connectivity index (χ4v) is 3.24. The molecule has 7 nitrogen and oxygen atoms in total. The van der Waals surface area contributed by atoms with Gasteiger partial charge in [0.1, 0.15) is 0 Å². The Morgan fingerprint density at radius 3 is 2.78 bits per heavy atom. The molecule has 0 aliphatic carbocycles. The van der Waals surface area contributed by atoms with Gasteiger partial charge in [-0.3, -0.25) is 23.5 Å². The molecule has 0 bridgehead atoms. The highest BCUT2D eigenvalue weighted by atomic mass is 16.2. The summed E-state index contributed by atoms with van der Waals surface area (Å²) >= 11 is 0. The minimum Gasteiger partial charge on any atom is -0.299 e. The van der Waals surface area contributed by atoms with Crippen molar-refractivity contribution in [1.82, 2.24) is 23.8 Å². The van der Waals surface area contributed by atoms with Crippen molar-refractivity contribution in [3.8, 4) is 0 Å². The molecule has 2 aromatic rings. The predicted octanol–water partition coefficient (Wildman–Crippen LogP) is 0.335. The van der Waals surface area contributed by atoms with Gasteiger partial charge in [0.15, 0.2) is 0 Å². The fraction of sp³-hybridized carbons (Fsp3) is 0.562. The molecule has 0 spiro atoms. The molecule has 23 heavy (non-hydrogen) atoms. The van der Waals surface area contributed by atoms with Crippen LogP contribution in [-0.2, 0) is 27.2 Å². The second-order valence-corrected chi connectivity index (χ2v) is 6.22. The second-order valence-electron chi connectivity index (χ2n) is 6.22. The van der Waals surface area contributed by atoms with E-state index in [1.165, 1.54) is 13.5 Å². The third-order valence-corrected chi connectivity index (χ3v) is 4.70. The zero-order chi connectivity index (χ0) is 16.4. The standard InChI is InChI=1S/C16H23N5O2/c1-18-14(10-15(22)19(2)16(18)23)11-20-8-4-3-6-13(20)12-21-9-5-7-17-21/h5,7,9-10,13H,3-4,6,8,11-12H2,1-2H3. The summed E-state index contributed by atoms with van der Waals surface area (Å²) in [7, 11) is 3.24. The van der Waals surface area contributed by atoms with Crippen LogP contribution >= 0.6 is 0 Å². The van der Waals surface area contributed by atoms with Gasteiger partial charge in [0, 0.05) is 50.8 Å². The Morgan fingerprint density at radius 2 is 2.04 bits per heavy atom. The van der Waals surface area contributed by atoms with Crippen LogP contribution in [-0.4, -0.2) is 36.4 Å². The van der Waals surface area contributed by atoms with E-state index < -0.39 is 0 Å². The summed E-state index contributed by atoms with van der Waals surface area (Å²) in [6.07, 6.45) is 7.23. The summed E-state index contributed by atoms with van der Waals surface area (Å²) in [6, 6.07) is 3.88. The summed E-state index contributed by atoms with van der Waals surface area (Å²) in [5.41, 5.74) is 0.252. The molecule has 1 unspecified atom stereocenters. The SMILES string of the molecule is Cn1c(CN2CCCCC2Cn2cccn2)cc(=O)n(C)c1=O. The maximum Gasteiger partial charge on any atom is 0.330 e. The van der Waals surface area contributed by atoms with Gasteiger partial charge in [-0.1, -0.05) is 6.42 Å². The monoisotopic (exact) mass is 317 g/mol. The Hall–Kier alpha value is -2.15. The van der Waals surface area contributed by atoms with Crippen LogP contribution in [0, 0.1) is 0 Å². The number of piperidine rings is 1. The van der Waals surface area contributed by atoms with Crippen LogP contribution in [0.2, 0.25) is 0 Å². The molecule has 0 amide bonds. The molecule has 0 radical (unpaired) electrons. The second kappa shape index (κ2) is 6.54. The molecular formula is C16H23N5O2. The highest BCUT2D eigenvalue weighted by Gasteiger charge is 2.24. The lowest BCUT2D eigenvalue weighted by molar-refractivity contribution is 0.118. The van der Waals surface area contributed by atoms with Crippen molar-refractivity contribution in [1.29, 1.82) is 0 Å². The van der Waals surface area contributed by atoms with E-state index in [0.717, 1.165) is 36.2 Å². The topological polar surface area (TPSA) is 65.1 Å². The minimum atomic E-state index is -0.270. The van der Waals surface area contributed by atoms with Gasteiger partial charge in [0.05, 0.1) is 6.54 Å². The summed E-state index contributed by atoms with van der Waals surface area (Å²) < 4.78 is 4.66. The van der Waals surface area contributed by atoms with Gasteiger partial charge < -0.3 is 0 Å². The summed E-state index contributed by atoms with van der Waals surface area (Å²) in [6.45, 7) is 2.44. The van der Waals surface area contributed by atoms with Gasteiger partial charge >= 0.3 is 5.69 Å². The van der Waals surface area contributed by atoms with Crippen LogP contribution in [0.4, 0.5) is 0 Å². The van der Waals surface area contributed by atoms with Crippen molar-refractivity contribution in [3.05, 3.63) is 51.1 Å². The van der Waals surface area contributed by atoms with E-state index in [1.54, 1.807) is 23.9 Å². The van der Waals surface area contributed by atoms with Gasteiger partial charge in [-0.25, -0.2) is 4.79 Å². The van der Waals surface area contributed by atoms with Crippen LogP contribution in [0.5, 0.6) is 0 Å². The highest BCUT2D eigenvalue weighted by Crippen LogP contribution is 2.20. The lowest BCUT2D eigenvalue weighted by Crippen LogP contribution is -2.44. The molecule has 0 N–H and O–H groups in total. The van der Waals surface area contributed by atoms with Crippen LogP contribution in [0.15, 0.2) is 34.1 Å². The molecule has 0 aromatic carbocycles. The average Bonchev–Trinajstić information content (AvgIpc) is 3.05. The molecule has 0 saturated carbocycles. The number of aromatic nitrogens is 4. The number of nitrogens with zero attached hydrogens (tertiary/aromatic N) is 5. The van der Waals surface area contributed by atoms with E-state index in [9.17, 15) is 9.59 Å². The van der Waals surface area contributed by atoms with Gasteiger partial charge in [-0.2, -0.15) is 5.10 Å². The number of likely N-dealkylation sites (tertiary alicyclic amines) is 1. The Labute approximate surface area is 134 Å². The van der Waals surface area contributed by atoms with Crippen LogP contribution in [0.3, 0.4) is 0 Å². The lowest BCUT2D eigenvalue weighted by atomic mass is 10.0. The summed E-state index contributed by atoms with van der Waals surface area (Å²) in [5, 5.41) is 4.29. The van der Waals surface area contributed by atoms with Crippen LogP contribution < -0.4 is 11.2 Å². The van der Waals surface area contributed by atoms with Crippen LogP contribution in [0.1, 0.15) is 25.0 Å². The first-order valence-electron chi connectivity index (χ1n) is 8.03. The van der Waals surface area contributed by atoms with Crippen LogP contribution in [0.25, 0.3) is 0 Å². The molecule has 124 valence electrons. The van der Waals surface area contributed by atoms with Crippen molar-refractivity contribution in [3.63, 3.8) is 0 Å². The first kappa shape index (κ1) is 15.7. The van der Waals surface area contributed by atoms with E-state index in [0.29, 0.717) is 12.6 Å². The van der Waals surface area contributed by atoms with Crippen molar-refractivity contribution >= 4 is 0 Å². The quantitative estimate of drug-likeness (QED) is 0.815. The van der Waals surface area contributed by atoms with Crippen molar-refractivity contribution in [2.75, 3.05) is 6.54 Å². The van der Waals surface area contributed by atoms with Gasteiger partial charge in [0.25, 0.3) is 5.56 Å². The van der Waals surface area contributed by atoms with Crippen molar-refractivity contribution in [2.24, 2.45) is 14.1 Å². The molecule has 1 aliphatic rings. The average molecular weight is 317 g/mol. The predicted molar refractivity (Wildman–Crippen MR) is 87.2 cm³/mol. The zero-order valence-electron chi connectivity index (χ0n) is 13.7. The summed E-state index contributed by atoms with van der Waals surface area (Å²) in [4.78, 5) is 26.4. The maximum absolute atomic E-state index is 12.1. The van der Waals surface area contributed by atoms with Crippen molar-refractivity contribution < 1.29 is 0 Å². The Bertz CT molecular complexity index is 775. The van der Waals surface area contributed by atoms with E-state index in [-0.39, 0.29) is 11.2 Å². The van der Waals surface area contributed by atoms with E-state index in [1.807, 2.05) is 16.9 Å². The van der Waals surface area contributed by atoms with Gasteiger partial charge in [-0.15, -0.1) is 0 Å². The first-order valence-corrected chi connectivity index (χ1v) is 8.03. The molecule has 1 atom stereocenters. The third-order valence-electron chi connectivity index (χ3n) is 4.70. The summed E-state index contributed by atoms with van der Waals surface area (Å²) in [5.74, 6) is 0. The molecule has 2 aromatic heterocycles. The number of rotatable bonds is 4. The lowest BCUT2D eigenvalue weighted by Gasteiger charge is -2.35. The zero-order valence-corrected chi connectivity index (χ0v) is 13.7.